The van der Waals surface area contributed by atoms with Crippen molar-refractivity contribution in [3.05, 3.63) is 183 Å². The Balaban J connectivity index is 1.22. The minimum atomic E-state index is 0.663. The number of benzene rings is 6. The molecule has 0 bridgehead atoms. The number of hydrogen-bond donors (Lipinski definition) is 0. The summed E-state index contributed by atoms with van der Waals surface area (Å²) in [6.45, 7) is 0. The molecule has 0 amide bonds. The molecule has 9 aromatic rings. The van der Waals surface area contributed by atoms with Crippen molar-refractivity contribution in [2.75, 3.05) is 0 Å². The molecular weight excluding hydrogens is 609 g/mol. The number of fused-ring (bicyclic) bond motifs is 2. The molecular formula is C46H30N4. The number of rotatable bonds is 6. The number of pyridine rings is 2. The van der Waals surface area contributed by atoms with E-state index in [1.807, 2.05) is 42.9 Å². The molecule has 3 aromatic heterocycles. The van der Waals surface area contributed by atoms with Crippen molar-refractivity contribution in [1.29, 1.82) is 0 Å². The van der Waals surface area contributed by atoms with E-state index in [1.165, 1.54) is 38.2 Å². The topological polar surface area (TPSA) is 51.6 Å². The normalized spacial score (nSPS) is 11.2. The summed E-state index contributed by atoms with van der Waals surface area (Å²) in [7, 11) is 0. The molecule has 0 aliphatic carbocycles. The first-order chi connectivity index (χ1) is 24.8. The summed E-state index contributed by atoms with van der Waals surface area (Å²) < 4.78 is 0. The van der Waals surface area contributed by atoms with Crippen molar-refractivity contribution >= 4 is 21.5 Å². The summed E-state index contributed by atoms with van der Waals surface area (Å²) in [5, 5.41) is 4.87. The van der Waals surface area contributed by atoms with Gasteiger partial charge in [0.2, 0.25) is 0 Å². The SMILES string of the molecule is c1ccc(-c2c3ccccc3c(-c3cccc(-c4nc(-c5ccc(-c6ccncc6)cc5)cc(-c5cccnc5)n4)c3)c3ccccc23)cc1. The first-order valence-electron chi connectivity index (χ1n) is 16.7. The van der Waals surface area contributed by atoms with Gasteiger partial charge in [0.25, 0.3) is 0 Å². The van der Waals surface area contributed by atoms with E-state index in [0.29, 0.717) is 5.82 Å². The first kappa shape index (κ1) is 29.4. The lowest BCUT2D eigenvalue weighted by atomic mass is 9.85. The molecule has 234 valence electrons. The molecule has 50 heavy (non-hydrogen) atoms. The fourth-order valence-corrected chi connectivity index (χ4v) is 6.93. The minimum Gasteiger partial charge on any atom is -0.265 e. The lowest BCUT2D eigenvalue weighted by molar-refractivity contribution is 1.18. The second-order valence-corrected chi connectivity index (χ2v) is 12.3. The monoisotopic (exact) mass is 638 g/mol. The van der Waals surface area contributed by atoms with Crippen LogP contribution in [0.4, 0.5) is 0 Å². The van der Waals surface area contributed by atoms with Crippen LogP contribution in [0.25, 0.3) is 88.8 Å². The third-order valence-electron chi connectivity index (χ3n) is 9.28. The lowest BCUT2D eigenvalue weighted by Gasteiger charge is -2.18. The molecule has 0 atom stereocenters. The highest BCUT2D eigenvalue weighted by molar-refractivity contribution is 6.21. The number of hydrogen-bond acceptors (Lipinski definition) is 4. The molecule has 0 aliphatic heterocycles. The molecule has 0 saturated carbocycles. The van der Waals surface area contributed by atoms with Gasteiger partial charge in [0.15, 0.2) is 5.82 Å². The average molecular weight is 639 g/mol. The quantitative estimate of drug-likeness (QED) is 0.170. The van der Waals surface area contributed by atoms with Crippen LogP contribution in [-0.2, 0) is 0 Å². The molecule has 0 radical (unpaired) electrons. The van der Waals surface area contributed by atoms with E-state index in [9.17, 15) is 0 Å². The van der Waals surface area contributed by atoms with E-state index < -0.39 is 0 Å². The van der Waals surface area contributed by atoms with Gasteiger partial charge >= 0.3 is 0 Å². The zero-order valence-electron chi connectivity index (χ0n) is 27.1. The molecule has 4 nitrogen and oxygen atoms in total. The Morgan fingerprint density at radius 3 is 1.46 bits per heavy atom. The summed E-state index contributed by atoms with van der Waals surface area (Å²) >= 11 is 0. The van der Waals surface area contributed by atoms with Crippen molar-refractivity contribution in [2.45, 2.75) is 0 Å². The Bertz CT molecular complexity index is 2560. The summed E-state index contributed by atoms with van der Waals surface area (Å²) in [5.74, 6) is 0.663. The van der Waals surface area contributed by atoms with Gasteiger partial charge in [-0.25, -0.2) is 9.97 Å². The van der Waals surface area contributed by atoms with Crippen molar-refractivity contribution in [2.24, 2.45) is 0 Å². The van der Waals surface area contributed by atoms with Crippen LogP contribution in [0.3, 0.4) is 0 Å². The third kappa shape index (κ3) is 5.39. The molecule has 0 N–H and O–H groups in total. The van der Waals surface area contributed by atoms with Gasteiger partial charge in [0.1, 0.15) is 0 Å². The highest BCUT2D eigenvalue weighted by Crippen LogP contribution is 2.44. The van der Waals surface area contributed by atoms with Gasteiger partial charge in [0, 0.05) is 41.5 Å². The van der Waals surface area contributed by atoms with Crippen molar-refractivity contribution in [3.63, 3.8) is 0 Å². The molecule has 6 aromatic carbocycles. The van der Waals surface area contributed by atoms with Crippen molar-refractivity contribution in [1.82, 2.24) is 19.9 Å². The molecule has 4 heteroatoms. The Kier molecular flexibility index (Phi) is 7.45. The highest BCUT2D eigenvalue weighted by atomic mass is 14.9. The van der Waals surface area contributed by atoms with E-state index in [1.54, 1.807) is 6.20 Å². The number of nitrogens with zero attached hydrogens (tertiary/aromatic N) is 4. The van der Waals surface area contributed by atoms with Gasteiger partial charge in [-0.2, -0.15) is 0 Å². The van der Waals surface area contributed by atoms with Crippen LogP contribution >= 0.6 is 0 Å². The molecule has 0 spiro atoms. The van der Waals surface area contributed by atoms with Crippen LogP contribution in [0.2, 0.25) is 0 Å². The molecule has 0 unspecified atom stereocenters. The lowest BCUT2D eigenvalue weighted by Crippen LogP contribution is -1.97. The maximum absolute atomic E-state index is 5.17. The summed E-state index contributed by atoms with van der Waals surface area (Å²) in [6.07, 6.45) is 7.27. The van der Waals surface area contributed by atoms with E-state index in [0.717, 1.165) is 44.8 Å². The average Bonchev–Trinajstić information content (AvgIpc) is 3.21. The van der Waals surface area contributed by atoms with Crippen LogP contribution in [-0.4, -0.2) is 19.9 Å². The predicted molar refractivity (Wildman–Crippen MR) is 205 cm³/mol. The smallest absolute Gasteiger partial charge is 0.160 e. The minimum absolute atomic E-state index is 0.663. The first-order valence-corrected chi connectivity index (χ1v) is 16.7. The Labute approximate surface area is 290 Å². The zero-order valence-corrected chi connectivity index (χ0v) is 27.1. The van der Waals surface area contributed by atoms with Crippen molar-refractivity contribution < 1.29 is 0 Å². The molecule has 0 aliphatic rings. The fourth-order valence-electron chi connectivity index (χ4n) is 6.93. The Morgan fingerprint density at radius 2 is 0.820 bits per heavy atom. The molecule has 0 saturated heterocycles. The molecule has 3 heterocycles. The second kappa shape index (κ2) is 12.7. The third-order valence-corrected chi connectivity index (χ3v) is 9.28. The Morgan fingerprint density at radius 1 is 0.300 bits per heavy atom. The largest absolute Gasteiger partial charge is 0.265 e. The van der Waals surface area contributed by atoms with Crippen LogP contribution < -0.4 is 0 Å². The van der Waals surface area contributed by atoms with Crippen molar-refractivity contribution in [3.8, 4) is 67.3 Å². The van der Waals surface area contributed by atoms with Crippen LogP contribution in [0, 0.1) is 0 Å². The highest BCUT2D eigenvalue weighted by Gasteiger charge is 2.18. The molecule has 0 fully saturated rings. The van der Waals surface area contributed by atoms with Gasteiger partial charge in [-0.3, -0.25) is 9.97 Å². The fraction of sp³-hybridized carbons (Fsp3) is 0. The summed E-state index contributed by atoms with van der Waals surface area (Å²) in [5.41, 5.74) is 11.6. The van der Waals surface area contributed by atoms with Gasteiger partial charge in [-0.05, 0) is 91.3 Å². The predicted octanol–water partition coefficient (Wildman–Crippen LogP) is 11.6. The van der Waals surface area contributed by atoms with Gasteiger partial charge in [0.05, 0.1) is 11.4 Å². The maximum atomic E-state index is 5.17. The van der Waals surface area contributed by atoms with Gasteiger partial charge < -0.3 is 0 Å². The van der Waals surface area contributed by atoms with E-state index in [4.69, 9.17) is 9.97 Å². The van der Waals surface area contributed by atoms with E-state index in [-0.39, 0.29) is 0 Å². The van der Waals surface area contributed by atoms with Gasteiger partial charge in [-0.15, -0.1) is 0 Å². The number of aromatic nitrogens is 4. The van der Waals surface area contributed by atoms with E-state index in [2.05, 4.69) is 143 Å². The van der Waals surface area contributed by atoms with Gasteiger partial charge in [-0.1, -0.05) is 121 Å². The maximum Gasteiger partial charge on any atom is 0.160 e. The zero-order chi connectivity index (χ0) is 33.3. The summed E-state index contributed by atoms with van der Waals surface area (Å²) in [4.78, 5) is 18.8. The second-order valence-electron chi connectivity index (χ2n) is 12.3. The van der Waals surface area contributed by atoms with Crippen LogP contribution in [0.5, 0.6) is 0 Å². The van der Waals surface area contributed by atoms with Crippen LogP contribution in [0.15, 0.2) is 183 Å². The van der Waals surface area contributed by atoms with E-state index >= 15 is 0 Å². The van der Waals surface area contributed by atoms with Crippen LogP contribution in [0.1, 0.15) is 0 Å². The Hall–Kier alpha value is -6.78. The standard InChI is InChI=1S/C46H30N4/c1-2-10-34(11-3-1)44-38-15-4-6-17-40(38)45(41-18-7-5-16-39(41)44)35-12-8-13-36(28-35)46-49-42(29-43(50-46)37-14-9-25-48-30-37)33-21-19-31(20-22-33)32-23-26-47-27-24-32/h1-30H. The molecule has 9 rings (SSSR count). The summed E-state index contributed by atoms with van der Waals surface area (Å²) in [6, 6.07) is 55.4.